The second-order valence-electron chi connectivity index (χ2n) is 9.29. The molecular formula is C22H29ClF3NO3S. The average Bonchev–Trinajstić information content (AvgIpc) is 3.42. The topological polar surface area (TPSA) is 63.2 Å². The predicted molar refractivity (Wildman–Crippen MR) is 115 cm³/mol. The molecule has 0 saturated heterocycles. The maximum atomic E-state index is 12.8. The van der Waals surface area contributed by atoms with E-state index in [0.29, 0.717) is 12.3 Å². The second-order valence-corrected chi connectivity index (χ2v) is 11.9. The highest BCUT2D eigenvalue weighted by molar-refractivity contribution is 7.91. The molecule has 0 aliphatic heterocycles. The van der Waals surface area contributed by atoms with Crippen molar-refractivity contribution in [2.75, 3.05) is 11.5 Å². The van der Waals surface area contributed by atoms with Crippen LogP contribution >= 0.6 is 11.6 Å². The third-order valence-electron chi connectivity index (χ3n) is 6.59. The van der Waals surface area contributed by atoms with Crippen molar-refractivity contribution in [3.8, 4) is 0 Å². The number of carbonyl (C=O) groups is 1. The maximum Gasteiger partial charge on any atom is 0.416 e. The first-order valence-corrected chi connectivity index (χ1v) is 12.9. The fraction of sp³-hybridized carbons (Fsp3) is 0.682. The van der Waals surface area contributed by atoms with E-state index in [9.17, 15) is 26.4 Å². The number of benzene rings is 1. The molecule has 4 nitrogen and oxygen atoms in total. The highest BCUT2D eigenvalue weighted by Crippen LogP contribution is 2.56. The van der Waals surface area contributed by atoms with Crippen LogP contribution in [0.15, 0.2) is 18.2 Å². The Morgan fingerprint density at radius 3 is 2.42 bits per heavy atom. The molecule has 2 fully saturated rings. The van der Waals surface area contributed by atoms with E-state index in [0.717, 1.165) is 50.3 Å². The van der Waals surface area contributed by atoms with Crippen LogP contribution in [0.1, 0.15) is 68.3 Å². The van der Waals surface area contributed by atoms with E-state index >= 15 is 0 Å². The molecule has 1 N–H and O–H groups in total. The number of rotatable bonds is 9. The van der Waals surface area contributed by atoms with Gasteiger partial charge in [0.15, 0.2) is 9.84 Å². The summed E-state index contributed by atoms with van der Waals surface area (Å²) in [5.41, 5.74) is -1.08. The molecule has 0 spiro atoms. The summed E-state index contributed by atoms with van der Waals surface area (Å²) in [7, 11) is -3.06. The molecule has 1 atom stereocenters. The van der Waals surface area contributed by atoms with Gasteiger partial charge in [0.05, 0.1) is 21.9 Å². The van der Waals surface area contributed by atoms with Crippen LogP contribution in [0.2, 0.25) is 5.02 Å². The van der Waals surface area contributed by atoms with Crippen molar-refractivity contribution in [2.45, 2.75) is 64.6 Å². The fourth-order valence-electron chi connectivity index (χ4n) is 4.86. The second kappa shape index (κ2) is 8.93. The Balaban J connectivity index is 1.68. The van der Waals surface area contributed by atoms with Gasteiger partial charge in [-0.3, -0.25) is 4.79 Å². The Morgan fingerprint density at radius 2 is 1.90 bits per heavy atom. The van der Waals surface area contributed by atoms with Gasteiger partial charge in [0.2, 0.25) is 0 Å². The molecule has 1 amide bonds. The summed E-state index contributed by atoms with van der Waals surface area (Å²) in [6, 6.07) is 2.48. The molecule has 2 aliphatic rings. The summed E-state index contributed by atoms with van der Waals surface area (Å²) in [4.78, 5) is 12.7. The van der Waals surface area contributed by atoms with Crippen molar-refractivity contribution in [3.05, 3.63) is 34.3 Å². The zero-order chi connectivity index (χ0) is 23.0. The number of halogens is 4. The number of alkyl halides is 3. The molecule has 0 aromatic heterocycles. The van der Waals surface area contributed by atoms with Gasteiger partial charge < -0.3 is 5.32 Å². The molecule has 1 aromatic rings. The van der Waals surface area contributed by atoms with Crippen LogP contribution in [0, 0.1) is 17.3 Å². The van der Waals surface area contributed by atoms with Crippen LogP contribution in [0.3, 0.4) is 0 Å². The smallest absolute Gasteiger partial charge is 0.349 e. The van der Waals surface area contributed by atoms with Gasteiger partial charge in [-0.25, -0.2) is 8.42 Å². The molecule has 0 bridgehead atoms. The molecule has 174 valence electrons. The predicted octanol–water partition coefficient (Wildman–Crippen LogP) is 5.50. The van der Waals surface area contributed by atoms with Crippen LogP contribution in [0.5, 0.6) is 0 Å². The molecule has 0 heterocycles. The Hall–Kier alpha value is -1.28. The van der Waals surface area contributed by atoms with Crippen molar-refractivity contribution < 1.29 is 26.4 Å². The molecule has 1 aromatic carbocycles. The molecular weight excluding hydrogens is 451 g/mol. The molecule has 31 heavy (non-hydrogen) atoms. The summed E-state index contributed by atoms with van der Waals surface area (Å²) in [6.45, 7) is 3.74. The van der Waals surface area contributed by atoms with Gasteiger partial charge in [0, 0.05) is 11.8 Å². The fourth-order valence-corrected chi connectivity index (χ4v) is 6.87. The number of nitrogens with one attached hydrogen (secondary N) is 1. The van der Waals surface area contributed by atoms with Crippen LogP contribution in [-0.4, -0.2) is 31.9 Å². The Labute approximate surface area is 186 Å². The Bertz CT molecular complexity index is 922. The first-order chi connectivity index (χ1) is 14.3. The standard InChI is InChI=1S/C22H29ClF3NO3S/c1-3-8-31(29,30)13-16-11-21(12-16,10-15-4-5-15)14(2)27-20(28)18-7-6-17(9-19(18)23)22(24,25)26/h6-7,9,14-16H,3-5,8,10-13H2,1-2H3,(H,27,28). The zero-order valence-corrected chi connectivity index (χ0v) is 19.3. The van der Waals surface area contributed by atoms with Crippen molar-refractivity contribution in [1.29, 1.82) is 0 Å². The average molecular weight is 480 g/mol. The highest BCUT2D eigenvalue weighted by Gasteiger charge is 2.51. The van der Waals surface area contributed by atoms with E-state index in [-0.39, 0.29) is 39.5 Å². The van der Waals surface area contributed by atoms with E-state index in [4.69, 9.17) is 11.6 Å². The third kappa shape index (κ3) is 5.95. The van der Waals surface area contributed by atoms with Crippen molar-refractivity contribution >= 4 is 27.3 Å². The summed E-state index contributed by atoms with van der Waals surface area (Å²) in [5.74, 6) is 0.547. The molecule has 2 aliphatic carbocycles. The summed E-state index contributed by atoms with van der Waals surface area (Å²) >= 11 is 5.97. The number of hydrogen-bond donors (Lipinski definition) is 1. The van der Waals surface area contributed by atoms with E-state index in [1.54, 1.807) is 0 Å². The Morgan fingerprint density at radius 1 is 1.26 bits per heavy atom. The van der Waals surface area contributed by atoms with Gasteiger partial charge in [-0.05, 0) is 68.1 Å². The third-order valence-corrected chi connectivity index (χ3v) is 8.92. The normalized spacial score (nSPS) is 25.0. The lowest BCUT2D eigenvalue weighted by molar-refractivity contribution is -0.137. The number of carbonyl (C=O) groups excluding carboxylic acids is 1. The quantitative estimate of drug-likeness (QED) is 0.508. The summed E-state index contributed by atoms with van der Waals surface area (Å²) < 4.78 is 62.9. The van der Waals surface area contributed by atoms with Crippen LogP contribution in [0.4, 0.5) is 13.2 Å². The van der Waals surface area contributed by atoms with Gasteiger partial charge in [-0.2, -0.15) is 13.2 Å². The van der Waals surface area contributed by atoms with Gasteiger partial charge in [-0.1, -0.05) is 31.4 Å². The summed E-state index contributed by atoms with van der Waals surface area (Å²) in [6.07, 6.45) is 0.753. The zero-order valence-electron chi connectivity index (χ0n) is 17.8. The van der Waals surface area contributed by atoms with E-state index in [1.165, 1.54) is 0 Å². The lowest BCUT2D eigenvalue weighted by Crippen LogP contribution is -2.54. The van der Waals surface area contributed by atoms with Crippen molar-refractivity contribution in [2.24, 2.45) is 17.3 Å². The lowest BCUT2D eigenvalue weighted by atomic mass is 9.56. The van der Waals surface area contributed by atoms with Crippen molar-refractivity contribution in [1.82, 2.24) is 5.32 Å². The number of sulfone groups is 1. The van der Waals surface area contributed by atoms with Gasteiger partial charge >= 0.3 is 6.18 Å². The first-order valence-electron chi connectivity index (χ1n) is 10.7. The minimum Gasteiger partial charge on any atom is -0.349 e. The molecule has 0 radical (unpaired) electrons. The number of amides is 1. The van der Waals surface area contributed by atoms with Gasteiger partial charge in [0.25, 0.3) is 5.91 Å². The summed E-state index contributed by atoms with van der Waals surface area (Å²) in [5, 5.41) is 2.68. The molecule has 1 unspecified atom stereocenters. The van der Waals surface area contributed by atoms with Crippen molar-refractivity contribution in [3.63, 3.8) is 0 Å². The Kier molecular flexibility index (Phi) is 7.02. The first kappa shape index (κ1) is 24.4. The minimum atomic E-state index is -4.53. The minimum absolute atomic E-state index is 0.00415. The number of hydrogen-bond acceptors (Lipinski definition) is 3. The lowest BCUT2D eigenvalue weighted by Gasteiger charge is -2.52. The largest absolute Gasteiger partial charge is 0.416 e. The van der Waals surface area contributed by atoms with Gasteiger partial charge in [-0.15, -0.1) is 0 Å². The molecule has 2 saturated carbocycles. The van der Waals surface area contributed by atoms with Gasteiger partial charge in [0.1, 0.15) is 0 Å². The van der Waals surface area contributed by atoms with E-state index in [1.807, 2.05) is 13.8 Å². The van der Waals surface area contributed by atoms with Crippen LogP contribution < -0.4 is 5.32 Å². The molecule has 3 rings (SSSR count). The monoisotopic (exact) mass is 479 g/mol. The van der Waals surface area contributed by atoms with Crippen LogP contribution in [-0.2, 0) is 16.0 Å². The van der Waals surface area contributed by atoms with E-state index < -0.39 is 27.5 Å². The SMILES string of the molecule is CCCS(=O)(=O)CC1CC(CC2CC2)(C(C)NC(=O)c2ccc(C(F)(F)F)cc2Cl)C1. The molecule has 9 heteroatoms. The van der Waals surface area contributed by atoms with Crippen LogP contribution in [0.25, 0.3) is 0 Å². The highest BCUT2D eigenvalue weighted by atomic mass is 35.5. The maximum absolute atomic E-state index is 12.8. The van der Waals surface area contributed by atoms with E-state index in [2.05, 4.69) is 5.32 Å².